The van der Waals surface area contributed by atoms with Gasteiger partial charge in [0, 0.05) is 39.9 Å². The standard InChI is InChI=1S/C27H15BrCl2N2O4/c28-27-20-7-3-1-5-18(20)24(19-6-2-4-8-21(19)27)31(25-22(30)13-16(29)14-23(25)36-27)26(33)15-9-11-17(12-10-15)32(34)35/h1-14,24H. The molecule has 6 nitrogen and oxygen atoms in total. The first kappa shape index (κ1) is 23.0. The van der Waals surface area contributed by atoms with Gasteiger partial charge in [-0.2, -0.15) is 0 Å². The summed E-state index contributed by atoms with van der Waals surface area (Å²) in [7, 11) is 0. The molecular weight excluding hydrogens is 567 g/mol. The van der Waals surface area contributed by atoms with Gasteiger partial charge in [0.05, 0.1) is 16.0 Å². The number of halogens is 3. The lowest BCUT2D eigenvalue weighted by atomic mass is 9.78. The monoisotopic (exact) mass is 580 g/mol. The number of hydrogen-bond acceptors (Lipinski definition) is 4. The highest BCUT2D eigenvalue weighted by atomic mass is 79.9. The van der Waals surface area contributed by atoms with E-state index in [1.165, 1.54) is 24.3 Å². The van der Waals surface area contributed by atoms with E-state index in [0.29, 0.717) is 16.5 Å². The zero-order valence-electron chi connectivity index (χ0n) is 18.3. The zero-order chi connectivity index (χ0) is 25.2. The Morgan fingerprint density at radius 3 is 2.11 bits per heavy atom. The van der Waals surface area contributed by atoms with Crippen LogP contribution in [0.2, 0.25) is 10.0 Å². The fourth-order valence-corrected chi connectivity index (χ4v) is 6.44. The van der Waals surface area contributed by atoms with Crippen LogP contribution in [0.15, 0.2) is 84.9 Å². The molecule has 0 N–H and O–H groups in total. The van der Waals surface area contributed by atoms with Crippen molar-refractivity contribution in [2.45, 2.75) is 10.6 Å². The maximum atomic E-state index is 14.2. The summed E-state index contributed by atoms with van der Waals surface area (Å²) < 4.78 is 5.62. The lowest BCUT2D eigenvalue weighted by molar-refractivity contribution is -0.384. The number of hydrogen-bond donors (Lipinski definition) is 0. The molecule has 3 aliphatic rings. The number of alkyl halides is 1. The maximum absolute atomic E-state index is 14.2. The molecule has 2 aliphatic heterocycles. The second-order valence-corrected chi connectivity index (χ2v) is 10.4. The topological polar surface area (TPSA) is 72.7 Å². The molecule has 0 unspecified atom stereocenters. The molecule has 2 heterocycles. The molecule has 178 valence electrons. The molecular formula is C27H15BrCl2N2O4. The summed E-state index contributed by atoms with van der Waals surface area (Å²) in [5, 5.41) is 11.8. The number of ether oxygens (including phenoxy) is 1. The van der Waals surface area contributed by atoms with E-state index in [9.17, 15) is 14.9 Å². The number of benzene rings is 4. The van der Waals surface area contributed by atoms with Crippen molar-refractivity contribution in [1.29, 1.82) is 0 Å². The maximum Gasteiger partial charge on any atom is 0.269 e. The average molecular weight is 582 g/mol. The Balaban J connectivity index is 1.67. The fourth-order valence-electron chi connectivity index (χ4n) is 4.98. The predicted molar refractivity (Wildman–Crippen MR) is 141 cm³/mol. The summed E-state index contributed by atoms with van der Waals surface area (Å²) in [5.74, 6) is -0.0637. The number of amides is 1. The van der Waals surface area contributed by atoms with Gasteiger partial charge in [-0.15, -0.1) is 0 Å². The minimum atomic E-state index is -1.04. The highest BCUT2D eigenvalue weighted by Gasteiger charge is 2.50. The molecule has 0 atom stereocenters. The van der Waals surface area contributed by atoms with Gasteiger partial charge in [-0.05, 0) is 45.3 Å². The summed E-state index contributed by atoms with van der Waals surface area (Å²) in [4.78, 5) is 26.5. The van der Waals surface area contributed by atoms with Gasteiger partial charge >= 0.3 is 0 Å². The molecule has 1 aliphatic carbocycles. The van der Waals surface area contributed by atoms with E-state index in [1.807, 2.05) is 48.5 Å². The molecule has 0 saturated carbocycles. The Kier molecular flexibility index (Phi) is 5.33. The fraction of sp³-hybridized carbons (Fsp3) is 0.0741. The number of nitro benzene ring substituents is 1. The molecule has 2 bridgehead atoms. The quantitative estimate of drug-likeness (QED) is 0.138. The van der Waals surface area contributed by atoms with Crippen molar-refractivity contribution in [1.82, 2.24) is 0 Å². The number of non-ortho nitro benzene ring substituents is 1. The first-order chi connectivity index (χ1) is 17.3. The van der Waals surface area contributed by atoms with E-state index in [0.717, 1.165) is 22.3 Å². The Labute approximate surface area is 224 Å². The normalized spacial score (nSPS) is 19.3. The first-order valence-corrected chi connectivity index (χ1v) is 12.5. The van der Waals surface area contributed by atoms with E-state index < -0.39 is 21.4 Å². The zero-order valence-corrected chi connectivity index (χ0v) is 21.4. The Morgan fingerprint density at radius 1 is 0.944 bits per heavy atom. The number of nitrogens with zero attached hydrogens (tertiary/aromatic N) is 2. The van der Waals surface area contributed by atoms with Crippen LogP contribution in [0.3, 0.4) is 0 Å². The van der Waals surface area contributed by atoms with Crippen LogP contribution in [-0.4, -0.2) is 10.8 Å². The number of carbonyl (C=O) groups is 1. The number of anilines is 1. The Morgan fingerprint density at radius 2 is 1.53 bits per heavy atom. The lowest BCUT2D eigenvalue weighted by Crippen LogP contribution is -2.45. The van der Waals surface area contributed by atoms with Crippen molar-refractivity contribution in [2.24, 2.45) is 0 Å². The number of nitro groups is 1. The molecule has 0 fully saturated rings. The van der Waals surface area contributed by atoms with Crippen molar-refractivity contribution in [3.63, 3.8) is 0 Å². The molecule has 0 aromatic heterocycles. The second-order valence-electron chi connectivity index (χ2n) is 8.49. The van der Waals surface area contributed by atoms with Gasteiger partial charge in [-0.3, -0.25) is 19.8 Å². The third kappa shape index (κ3) is 3.34. The first-order valence-electron chi connectivity index (χ1n) is 10.9. The van der Waals surface area contributed by atoms with Gasteiger partial charge in [0.25, 0.3) is 11.6 Å². The predicted octanol–water partition coefficient (Wildman–Crippen LogP) is 7.64. The number of carbonyl (C=O) groups excluding carboxylic acids is 1. The van der Waals surface area contributed by atoms with Gasteiger partial charge in [-0.25, -0.2) is 0 Å². The SMILES string of the molecule is O=C(c1ccc([N+](=O)[O-])cc1)N1c2c(Cl)cc(Cl)cc2OC2(Br)c3ccccc3C1c1ccccc12. The summed E-state index contributed by atoms with van der Waals surface area (Å²) in [6.45, 7) is 0. The van der Waals surface area contributed by atoms with Crippen molar-refractivity contribution < 1.29 is 14.5 Å². The van der Waals surface area contributed by atoms with Gasteiger partial charge < -0.3 is 4.74 Å². The van der Waals surface area contributed by atoms with E-state index in [2.05, 4.69) is 15.9 Å². The highest BCUT2D eigenvalue weighted by Crippen LogP contribution is 2.58. The largest absolute Gasteiger partial charge is 0.465 e. The van der Waals surface area contributed by atoms with E-state index in [1.54, 1.807) is 17.0 Å². The summed E-state index contributed by atoms with van der Waals surface area (Å²) >= 11 is 17.0. The van der Waals surface area contributed by atoms with Crippen LogP contribution in [0, 0.1) is 10.1 Å². The van der Waals surface area contributed by atoms with E-state index >= 15 is 0 Å². The van der Waals surface area contributed by atoms with Crippen LogP contribution in [0.25, 0.3) is 0 Å². The smallest absolute Gasteiger partial charge is 0.269 e. The van der Waals surface area contributed by atoms with Crippen LogP contribution in [-0.2, 0) is 4.51 Å². The molecule has 0 spiro atoms. The van der Waals surface area contributed by atoms with Crippen molar-refractivity contribution in [2.75, 3.05) is 4.90 Å². The summed E-state index contributed by atoms with van der Waals surface area (Å²) in [6.07, 6.45) is 0. The minimum Gasteiger partial charge on any atom is -0.465 e. The third-order valence-corrected chi connectivity index (χ3v) is 8.01. The van der Waals surface area contributed by atoms with Crippen LogP contribution in [0.1, 0.15) is 38.7 Å². The van der Waals surface area contributed by atoms with Crippen LogP contribution in [0.5, 0.6) is 5.75 Å². The molecule has 7 rings (SSSR count). The summed E-state index contributed by atoms with van der Waals surface area (Å²) in [6, 6.07) is 23.6. The van der Waals surface area contributed by atoms with Gasteiger partial charge in [0.2, 0.25) is 4.51 Å². The Bertz CT molecular complexity index is 1530. The summed E-state index contributed by atoms with van der Waals surface area (Å²) in [5.41, 5.74) is 3.94. The van der Waals surface area contributed by atoms with Crippen molar-refractivity contribution >= 4 is 56.4 Å². The van der Waals surface area contributed by atoms with E-state index in [-0.39, 0.29) is 16.3 Å². The molecule has 1 amide bonds. The molecule has 0 radical (unpaired) electrons. The van der Waals surface area contributed by atoms with Crippen molar-refractivity contribution in [3.05, 3.63) is 133 Å². The Hall–Kier alpha value is -3.39. The third-order valence-electron chi connectivity index (χ3n) is 6.49. The van der Waals surface area contributed by atoms with E-state index in [4.69, 9.17) is 27.9 Å². The van der Waals surface area contributed by atoms with Gasteiger partial charge in [0.15, 0.2) is 0 Å². The number of rotatable bonds is 2. The van der Waals surface area contributed by atoms with Gasteiger partial charge in [-0.1, -0.05) is 71.7 Å². The van der Waals surface area contributed by atoms with Crippen molar-refractivity contribution in [3.8, 4) is 5.75 Å². The second kappa shape index (κ2) is 8.34. The minimum absolute atomic E-state index is 0.106. The molecule has 36 heavy (non-hydrogen) atoms. The van der Waals surface area contributed by atoms with Crippen LogP contribution < -0.4 is 9.64 Å². The molecule has 9 heteroatoms. The molecule has 4 aromatic carbocycles. The van der Waals surface area contributed by atoms with Crippen LogP contribution in [0.4, 0.5) is 11.4 Å². The van der Waals surface area contributed by atoms with Gasteiger partial charge in [0.1, 0.15) is 11.4 Å². The highest BCUT2D eigenvalue weighted by molar-refractivity contribution is 9.09. The van der Waals surface area contributed by atoms with Crippen LogP contribution >= 0.6 is 39.1 Å². The molecule has 4 aromatic rings. The molecule has 0 saturated heterocycles. The average Bonchev–Trinajstić information content (AvgIpc) is 2.86. The lowest BCUT2D eigenvalue weighted by Gasteiger charge is -2.47.